The zero-order valence-corrected chi connectivity index (χ0v) is 15.0. The van der Waals surface area contributed by atoms with Crippen LogP contribution in [0.25, 0.3) is 0 Å². The van der Waals surface area contributed by atoms with Crippen LogP contribution in [0.4, 0.5) is 0 Å². The first kappa shape index (κ1) is 17.1. The Hall–Kier alpha value is 0. The summed E-state index contributed by atoms with van der Waals surface area (Å²) < 4.78 is 0. The Labute approximate surface area is 135 Å². The van der Waals surface area contributed by atoms with Gasteiger partial charge in [0.2, 0.25) is 0 Å². The number of nitrogens with one attached hydrogen (secondary N) is 2. The van der Waals surface area contributed by atoms with Crippen molar-refractivity contribution in [1.82, 2.24) is 10.6 Å². The van der Waals surface area contributed by atoms with Gasteiger partial charge in [0.15, 0.2) is 5.96 Å². The van der Waals surface area contributed by atoms with Gasteiger partial charge in [0, 0.05) is 19.6 Å². The second kappa shape index (κ2) is 7.70. The average Bonchev–Trinajstić information content (AvgIpc) is 3.14. The molecule has 0 spiro atoms. The van der Waals surface area contributed by atoms with Gasteiger partial charge in [-0.2, -0.15) is 0 Å². The van der Waals surface area contributed by atoms with E-state index >= 15 is 0 Å². The van der Waals surface area contributed by atoms with Gasteiger partial charge in [0.05, 0.1) is 0 Å². The first-order valence-corrected chi connectivity index (χ1v) is 7.56. The lowest BCUT2D eigenvalue weighted by Crippen LogP contribution is -2.45. The molecule has 0 aliphatic heterocycles. The third-order valence-electron chi connectivity index (χ3n) is 4.45. The van der Waals surface area contributed by atoms with Crippen molar-refractivity contribution in [2.75, 3.05) is 13.6 Å². The molecule has 0 heterocycles. The van der Waals surface area contributed by atoms with Gasteiger partial charge < -0.3 is 10.6 Å². The van der Waals surface area contributed by atoms with Crippen molar-refractivity contribution < 1.29 is 0 Å². The molecule has 0 aromatic rings. The van der Waals surface area contributed by atoms with Gasteiger partial charge in [-0.1, -0.05) is 26.7 Å². The summed E-state index contributed by atoms with van der Waals surface area (Å²) in [4.78, 5) is 4.33. The molecule has 2 aliphatic carbocycles. The highest BCUT2D eigenvalue weighted by Crippen LogP contribution is 2.35. The second-order valence-electron chi connectivity index (χ2n) is 6.81. The fraction of sp³-hybridized carbons (Fsp3) is 0.933. The molecule has 0 bridgehead atoms. The number of nitrogens with zero attached hydrogens (tertiary/aromatic N) is 1. The lowest BCUT2D eigenvalue weighted by molar-refractivity contribution is 0.216. The highest BCUT2D eigenvalue weighted by Gasteiger charge is 2.27. The highest BCUT2D eigenvalue weighted by molar-refractivity contribution is 14.0. The molecule has 0 aromatic carbocycles. The quantitative estimate of drug-likeness (QED) is 0.445. The Kier molecular flexibility index (Phi) is 6.91. The van der Waals surface area contributed by atoms with Gasteiger partial charge in [0.1, 0.15) is 0 Å². The minimum Gasteiger partial charge on any atom is -0.356 e. The number of guanidine groups is 1. The van der Waals surface area contributed by atoms with Gasteiger partial charge in [0.25, 0.3) is 0 Å². The average molecular weight is 379 g/mol. The van der Waals surface area contributed by atoms with Crippen molar-refractivity contribution in [2.45, 2.75) is 64.8 Å². The smallest absolute Gasteiger partial charge is 0.191 e. The molecule has 2 N–H and O–H groups in total. The summed E-state index contributed by atoms with van der Waals surface area (Å²) in [7, 11) is 1.87. The van der Waals surface area contributed by atoms with E-state index in [9.17, 15) is 0 Å². The van der Waals surface area contributed by atoms with E-state index in [0.717, 1.165) is 18.4 Å². The first-order chi connectivity index (χ1) is 8.59. The van der Waals surface area contributed by atoms with E-state index < -0.39 is 0 Å². The van der Waals surface area contributed by atoms with Crippen molar-refractivity contribution in [3.05, 3.63) is 0 Å². The van der Waals surface area contributed by atoms with Crippen molar-refractivity contribution in [2.24, 2.45) is 16.3 Å². The van der Waals surface area contributed by atoms with Crippen LogP contribution in [0.3, 0.4) is 0 Å². The zero-order chi connectivity index (χ0) is 13.0. The van der Waals surface area contributed by atoms with Crippen LogP contribution in [0.1, 0.15) is 58.8 Å². The largest absolute Gasteiger partial charge is 0.356 e. The molecule has 19 heavy (non-hydrogen) atoms. The molecule has 0 atom stereocenters. The Morgan fingerprint density at radius 2 is 1.79 bits per heavy atom. The summed E-state index contributed by atoms with van der Waals surface area (Å²) in [5.41, 5.74) is 0.543. The lowest BCUT2D eigenvalue weighted by atomic mass is 9.75. The number of hydrogen-bond acceptors (Lipinski definition) is 1. The molecule has 0 aromatic heterocycles. The number of aliphatic imine (C=N–C) groups is 1. The van der Waals surface area contributed by atoms with E-state index in [1.165, 1.54) is 44.9 Å². The monoisotopic (exact) mass is 379 g/mol. The third-order valence-corrected chi connectivity index (χ3v) is 4.45. The summed E-state index contributed by atoms with van der Waals surface area (Å²) in [6.45, 7) is 5.83. The lowest BCUT2D eigenvalue weighted by Gasteiger charge is -2.35. The Balaban J connectivity index is 0.00000180. The molecule has 2 rings (SSSR count). The third kappa shape index (κ3) is 6.32. The molecule has 2 aliphatic rings. The van der Waals surface area contributed by atoms with Crippen molar-refractivity contribution in [1.29, 1.82) is 0 Å². The van der Waals surface area contributed by atoms with Crippen LogP contribution >= 0.6 is 24.0 Å². The fourth-order valence-electron chi connectivity index (χ4n) is 2.73. The summed E-state index contributed by atoms with van der Waals surface area (Å²) in [5, 5.41) is 7.02. The van der Waals surface area contributed by atoms with E-state index in [1.807, 2.05) is 7.05 Å². The maximum Gasteiger partial charge on any atom is 0.191 e. The highest BCUT2D eigenvalue weighted by atomic mass is 127. The Morgan fingerprint density at radius 3 is 2.32 bits per heavy atom. The van der Waals surface area contributed by atoms with Gasteiger partial charge >= 0.3 is 0 Å². The molecule has 2 fully saturated rings. The van der Waals surface area contributed by atoms with Crippen molar-refractivity contribution >= 4 is 29.9 Å². The minimum atomic E-state index is 0. The normalized spacial score (nSPS) is 23.6. The predicted molar refractivity (Wildman–Crippen MR) is 93.3 cm³/mol. The maximum atomic E-state index is 4.33. The van der Waals surface area contributed by atoms with Crippen LogP contribution in [-0.4, -0.2) is 25.6 Å². The molecule has 0 unspecified atom stereocenters. The number of halogens is 1. The minimum absolute atomic E-state index is 0. The molecular weight excluding hydrogens is 349 g/mol. The van der Waals surface area contributed by atoms with E-state index in [-0.39, 0.29) is 24.0 Å². The maximum absolute atomic E-state index is 4.33. The molecular formula is C15H30IN3. The number of rotatable bonds is 4. The Morgan fingerprint density at radius 1 is 1.16 bits per heavy atom. The molecule has 0 saturated heterocycles. The molecule has 4 heteroatoms. The second-order valence-corrected chi connectivity index (χ2v) is 6.81. The van der Waals surface area contributed by atoms with Gasteiger partial charge in [-0.3, -0.25) is 4.99 Å². The van der Waals surface area contributed by atoms with Crippen LogP contribution in [-0.2, 0) is 0 Å². The molecule has 2 saturated carbocycles. The van der Waals surface area contributed by atoms with Crippen molar-refractivity contribution in [3.8, 4) is 0 Å². The van der Waals surface area contributed by atoms with Gasteiger partial charge in [-0.05, 0) is 43.4 Å². The SMILES string of the molecule is CN=C(NCCC1CC1)NC1CCC(C)(C)CC1.I. The number of hydrogen-bond donors (Lipinski definition) is 2. The predicted octanol–water partition coefficient (Wildman–Crippen LogP) is 3.54. The fourth-order valence-corrected chi connectivity index (χ4v) is 2.73. The summed E-state index contributed by atoms with van der Waals surface area (Å²) in [6.07, 6.45) is 9.37. The summed E-state index contributed by atoms with van der Waals surface area (Å²) in [6, 6.07) is 0.616. The van der Waals surface area contributed by atoms with E-state index in [0.29, 0.717) is 11.5 Å². The molecule has 0 radical (unpaired) electrons. The zero-order valence-electron chi connectivity index (χ0n) is 12.7. The molecule has 112 valence electrons. The van der Waals surface area contributed by atoms with Crippen LogP contribution in [0.2, 0.25) is 0 Å². The topological polar surface area (TPSA) is 36.4 Å². The van der Waals surface area contributed by atoms with Gasteiger partial charge in [-0.25, -0.2) is 0 Å². The first-order valence-electron chi connectivity index (χ1n) is 7.56. The standard InChI is InChI=1S/C15H29N3.HI/c1-15(2)9-6-13(7-10-15)18-14(16-3)17-11-8-12-4-5-12;/h12-13H,4-11H2,1-3H3,(H2,16,17,18);1H. The van der Waals surface area contributed by atoms with E-state index in [4.69, 9.17) is 0 Å². The van der Waals surface area contributed by atoms with Crippen LogP contribution < -0.4 is 10.6 Å². The molecule has 0 amide bonds. The summed E-state index contributed by atoms with van der Waals surface area (Å²) in [5.74, 6) is 1.99. The van der Waals surface area contributed by atoms with Crippen LogP contribution in [0, 0.1) is 11.3 Å². The molecule has 3 nitrogen and oxygen atoms in total. The van der Waals surface area contributed by atoms with Crippen molar-refractivity contribution in [3.63, 3.8) is 0 Å². The van der Waals surface area contributed by atoms with Gasteiger partial charge in [-0.15, -0.1) is 24.0 Å². The van der Waals surface area contributed by atoms with Crippen LogP contribution in [0.5, 0.6) is 0 Å². The van der Waals surface area contributed by atoms with E-state index in [2.05, 4.69) is 29.5 Å². The Bertz CT molecular complexity index is 288. The summed E-state index contributed by atoms with van der Waals surface area (Å²) >= 11 is 0. The van der Waals surface area contributed by atoms with E-state index in [1.54, 1.807) is 0 Å². The van der Waals surface area contributed by atoms with Crippen LogP contribution in [0.15, 0.2) is 4.99 Å².